The monoisotopic (exact) mass is 276 g/mol. The van der Waals surface area contributed by atoms with Gasteiger partial charge in [-0.15, -0.1) is 0 Å². The molecule has 0 spiro atoms. The number of carbonyl (C=O) groups is 1. The highest BCUT2D eigenvalue weighted by Gasteiger charge is 2.35. The Bertz CT molecular complexity index is 515. The lowest BCUT2D eigenvalue weighted by Crippen LogP contribution is -2.45. The molecule has 4 heteroatoms. The summed E-state index contributed by atoms with van der Waals surface area (Å²) >= 11 is 0. The summed E-state index contributed by atoms with van der Waals surface area (Å²) in [5.41, 5.74) is 1.36. The van der Waals surface area contributed by atoms with Crippen LogP contribution >= 0.6 is 0 Å². The first-order valence-electron chi connectivity index (χ1n) is 7.52. The number of furan rings is 1. The zero-order chi connectivity index (χ0) is 14.3. The molecule has 3 rings (SSSR count). The molecule has 1 aliphatic heterocycles. The van der Waals surface area contributed by atoms with E-state index in [1.54, 1.807) is 0 Å². The molecule has 0 radical (unpaired) electrons. The van der Waals surface area contributed by atoms with E-state index in [-0.39, 0.29) is 17.4 Å². The standard InChI is InChI=1S/C16H24N2O2/c1-10-4-12-13(6-16(2,3)7-14(12)20-10)18-15(19)5-11-8-17-9-11/h4,11,13,17H,5-9H2,1-3H3,(H,18,19). The number of hydrogen-bond acceptors (Lipinski definition) is 3. The Kier molecular flexibility index (Phi) is 3.36. The van der Waals surface area contributed by atoms with Gasteiger partial charge in [0, 0.05) is 18.4 Å². The van der Waals surface area contributed by atoms with Crippen LogP contribution in [0.3, 0.4) is 0 Å². The summed E-state index contributed by atoms with van der Waals surface area (Å²) in [5.74, 6) is 2.67. The highest BCUT2D eigenvalue weighted by atomic mass is 16.3. The first-order valence-corrected chi connectivity index (χ1v) is 7.52. The molecule has 1 saturated heterocycles. The predicted molar refractivity (Wildman–Crippen MR) is 77.4 cm³/mol. The first-order chi connectivity index (χ1) is 9.43. The lowest BCUT2D eigenvalue weighted by Gasteiger charge is -2.35. The van der Waals surface area contributed by atoms with Crippen molar-refractivity contribution in [1.82, 2.24) is 10.6 Å². The Morgan fingerprint density at radius 1 is 1.50 bits per heavy atom. The van der Waals surface area contributed by atoms with E-state index in [1.807, 2.05) is 6.92 Å². The Morgan fingerprint density at radius 3 is 2.90 bits per heavy atom. The molecule has 2 aliphatic rings. The molecule has 0 aromatic carbocycles. The Hall–Kier alpha value is -1.29. The molecule has 1 amide bonds. The SMILES string of the molecule is Cc1cc2c(o1)CC(C)(C)CC2NC(=O)CC1CNC1. The van der Waals surface area contributed by atoms with Gasteiger partial charge in [0.1, 0.15) is 11.5 Å². The van der Waals surface area contributed by atoms with Crippen LogP contribution in [0.15, 0.2) is 10.5 Å². The van der Waals surface area contributed by atoms with Gasteiger partial charge in [0.25, 0.3) is 0 Å². The van der Waals surface area contributed by atoms with Crippen LogP contribution in [-0.2, 0) is 11.2 Å². The summed E-state index contributed by atoms with van der Waals surface area (Å²) in [6, 6.07) is 2.19. The second kappa shape index (κ2) is 4.92. The van der Waals surface area contributed by atoms with Crippen LogP contribution < -0.4 is 10.6 Å². The zero-order valence-corrected chi connectivity index (χ0v) is 12.6. The normalized spacial score (nSPS) is 24.9. The van der Waals surface area contributed by atoms with Crippen molar-refractivity contribution in [2.75, 3.05) is 13.1 Å². The summed E-state index contributed by atoms with van der Waals surface area (Å²) < 4.78 is 5.81. The topological polar surface area (TPSA) is 54.3 Å². The molecule has 1 unspecified atom stereocenters. The largest absolute Gasteiger partial charge is 0.466 e. The molecule has 2 heterocycles. The van der Waals surface area contributed by atoms with Crippen LogP contribution in [0.2, 0.25) is 0 Å². The minimum absolute atomic E-state index is 0.103. The lowest BCUT2D eigenvalue weighted by atomic mass is 9.74. The molecule has 1 aromatic heterocycles. The molecule has 1 aromatic rings. The minimum Gasteiger partial charge on any atom is -0.466 e. The van der Waals surface area contributed by atoms with Crippen molar-refractivity contribution < 1.29 is 9.21 Å². The van der Waals surface area contributed by atoms with Gasteiger partial charge < -0.3 is 15.1 Å². The van der Waals surface area contributed by atoms with E-state index in [4.69, 9.17) is 4.42 Å². The quantitative estimate of drug-likeness (QED) is 0.891. The van der Waals surface area contributed by atoms with Crippen molar-refractivity contribution in [1.29, 1.82) is 0 Å². The number of nitrogens with one attached hydrogen (secondary N) is 2. The van der Waals surface area contributed by atoms with Gasteiger partial charge in [0.05, 0.1) is 6.04 Å². The first kappa shape index (κ1) is 13.7. The zero-order valence-electron chi connectivity index (χ0n) is 12.6. The van der Waals surface area contributed by atoms with Crippen molar-refractivity contribution in [2.45, 2.75) is 46.1 Å². The highest BCUT2D eigenvalue weighted by Crippen LogP contribution is 2.42. The Morgan fingerprint density at radius 2 is 2.25 bits per heavy atom. The summed E-state index contributed by atoms with van der Waals surface area (Å²) in [6.45, 7) is 8.40. The third-order valence-corrected chi connectivity index (χ3v) is 4.41. The van der Waals surface area contributed by atoms with E-state index >= 15 is 0 Å². The molecule has 20 heavy (non-hydrogen) atoms. The average molecular weight is 276 g/mol. The van der Waals surface area contributed by atoms with Gasteiger partial charge >= 0.3 is 0 Å². The maximum absolute atomic E-state index is 12.2. The fourth-order valence-corrected chi connectivity index (χ4v) is 3.32. The molecule has 2 N–H and O–H groups in total. The maximum atomic E-state index is 12.2. The van der Waals surface area contributed by atoms with Crippen molar-refractivity contribution in [2.24, 2.45) is 11.3 Å². The van der Waals surface area contributed by atoms with Crippen LogP contribution in [0, 0.1) is 18.3 Å². The number of fused-ring (bicyclic) bond motifs is 1. The smallest absolute Gasteiger partial charge is 0.220 e. The van der Waals surface area contributed by atoms with E-state index in [2.05, 4.69) is 30.5 Å². The van der Waals surface area contributed by atoms with Gasteiger partial charge in [-0.3, -0.25) is 4.79 Å². The van der Waals surface area contributed by atoms with Crippen LogP contribution in [-0.4, -0.2) is 19.0 Å². The maximum Gasteiger partial charge on any atom is 0.220 e. The van der Waals surface area contributed by atoms with Crippen molar-refractivity contribution in [3.8, 4) is 0 Å². The fourth-order valence-electron chi connectivity index (χ4n) is 3.32. The third kappa shape index (κ3) is 2.75. The van der Waals surface area contributed by atoms with Crippen LogP contribution in [0.5, 0.6) is 0 Å². The molecule has 1 atom stereocenters. The molecule has 0 saturated carbocycles. The number of hydrogen-bond donors (Lipinski definition) is 2. The molecule has 110 valence electrons. The highest BCUT2D eigenvalue weighted by molar-refractivity contribution is 5.77. The molecule has 1 aliphatic carbocycles. The van der Waals surface area contributed by atoms with Gasteiger partial charge in [-0.2, -0.15) is 0 Å². The van der Waals surface area contributed by atoms with E-state index in [9.17, 15) is 4.79 Å². The Balaban J connectivity index is 1.72. The van der Waals surface area contributed by atoms with Crippen molar-refractivity contribution in [3.63, 3.8) is 0 Å². The van der Waals surface area contributed by atoms with Gasteiger partial charge in [-0.25, -0.2) is 0 Å². The second-order valence-corrected chi connectivity index (χ2v) is 7.13. The average Bonchev–Trinajstić information content (AvgIpc) is 2.62. The predicted octanol–water partition coefficient (Wildman–Crippen LogP) is 2.33. The fraction of sp³-hybridized carbons (Fsp3) is 0.688. The van der Waals surface area contributed by atoms with Crippen molar-refractivity contribution >= 4 is 5.91 Å². The third-order valence-electron chi connectivity index (χ3n) is 4.41. The molecule has 1 fully saturated rings. The van der Waals surface area contributed by atoms with Gasteiger partial charge in [-0.1, -0.05) is 13.8 Å². The van der Waals surface area contributed by atoms with Gasteiger partial charge in [0.15, 0.2) is 0 Å². The molecular formula is C16H24N2O2. The number of rotatable bonds is 3. The number of aryl methyl sites for hydroxylation is 1. The Labute approximate surface area is 120 Å². The van der Waals surface area contributed by atoms with E-state index in [0.29, 0.717) is 12.3 Å². The summed E-state index contributed by atoms with van der Waals surface area (Å²) in [6.07, 6.45) is 2.57. The molecular weight excluding hydrogens is 252 g/mol. The minimum atomic E-state index is 0.103. The number of amides is 1. The second-order valence-electron chi connectivity index (χ2n) is 7.13. The molecule has 0 bridgehead atoms. The summed E-state index contributed by atoms with van der Waals surface area (Å²) in [4.78, 5) is 12.2. The summed E-state index contributed by atoms with van der Waals surface area (Å²) in [5, 5.41) is 6.42. The van der Waals surface area contributed by atoms with Crippen LogP contribution in [0.1, 0.15) is 49.8 Å². The van der Waals surface area contributed by atoms with Crippen LogP contribution in [0.25, 0.3) is 0 Å². The summed E-state index contributed by atoms with van der Waals surface area (Å²) in [7, 11) is 0. The molecule has 4 nitrogen and oxygen atoms in total. The van der Waals surface area contributed by atoms with E-state index in [0.717, 1.165) is 37.5 Å². The van der Waals surface area contributed by atoms with Crippen molar-refractivity contribution in [3.05, 3.63) is 23.2 Å². The van der Waals surface area contributed by atoms with Gasteiger partial charge in [0.2, 0.25) is 5.91 Å². The van der Waals surface area contributed by atoms with Gasteiger partial charge in [-0.05, 0) is 43.8 Å². The number of carbonyl (C=O) groups excluding carboxylic acids is 1. The van der Waals surface area contributed by atoms with E-state index in [1.165, 1.54) is 5.56 Å². The van der Waals surface area contributed by atoms with Crippen LogP contribution in [0.4, 0.5) is 0 Å². The lowest BCUT2D eigenvalue weighted by molar-refractivity contribution is -0.123. The van der Waals surface area contributed by atoms with E-state index < -0.39 is 0 Å².